The predicted octanol–water partition coefficient (Wildman–Crippen LogP) is 10.8. The molecule has 0 saturated carbocycles. The van der Waals surface area contributed by atoms with E-state index in [-0.39, 0.29) is 0 Å². The third-order valence-electron chi connectivity index (χ3n) is 6.51. The van der Waals surface area contributed by atoms with Crippen LogP contribution >= 0.6 is 0 Å². The molecular weight excluding hydrogens is 772 g/mol. The zero-order valence-corrected chi connectivity index (χ0v) is 22.5. The van der Waals surface area contributed by atoms with Gasteiger partial charge in [-0.1, -0.05) is 18.2 Å². The molecule has 1 nitrogen and oxygen atoms in total. The lowest BCUT2D eigenvalue weighted by Gasteiger charge is -2.41. The fourth-order valence-corrected chi connectivity index (χ4v) is 3.48. The Kier molecular flexibility index (Phi) is 11.2. The SMILES string of the molecule is FC(F)(F)C(F)(F)C(F)(F)C(F)(F)C(F)(F)C(F)(F)CCN(CCC(F)(F)C(F)(F)C(F)(F)C(F)(F)C(F)(F)C(F)(F)F)c1ccccc1. The van der Waals surface area contributed by atoms with Crippen LogP contribution < -0.4 is 4.90 Å². The van der Waals surface area contributed by atoms with E-state index in [4.69, 9.17) is 0 Å². The van der Waals surface area contributed by atoms with Gasteiger partial charge in [0.15, 0.2) is 0 Å². The fourth-order valence-electron chi connectivity index (χ4n) is 3.48. The molecule has 0 aromatic heterocycles. The van der Waals surface area contributed by atoms with Gasteiger partial charge < -0.3 is 4.90 Å². The highest BCUT2D eigenvalue weighted by atomic mass is 19.4. The third kappa shape index (κ3) is 6.82. The number of benzene rings is 1. The smallest absolute Gasteiger partial charge is 0.371 e. The van der Waals surface area contributed by atoms with Crippen molar-refractivity contribution in [3.05, 3.63) is 30.3 Å². The standard InChI is InChI=1S/C22H13F26N/c23-11(24,13(27,28)15(31,32)17(35,36)19(39,40)21(43,44)45)6-8-49(10-4-2-1-3-5-10)9-7-12(25,26)14(29,30)16(33,34)18(37,38)20(41,42)22(46,47)48/h1-5H,6-9H2. The second kappa shape index (κ2) is 12.5. The Balaban J connectivity index is 3.52. The summed E-state index contributed by atoms with van der Waals surface area (Å²) in [5.74, 6) is -79.2. The Morgan fingerprint density at radius 2 is 0.571 bits per heavy atom. The molecule has 0 radical (unpaired) electrons. The van der Waals surface area contributed by atoms with Crippen molar-refractivity contribution >= 4 is 5.69 Å². The average molecular weight is 785 g/mol. The molecule has 0 aliphatic rings. The minimum absolute atomic E-state index is 0.435. The molecule has 288 valence electrons. The van der Waals surface area contributed by atoms with Crippen molar-refractivity contribution in [1.82, 2.24) is 0 Å². The molecule has 0 spiro atoms. The van der Waals surface area contributed by atoms with Crippen LogP contribution in [-0.2, 0) is 0 Å². The summed E-state index contributed by atoms with van der Waals surface area (Å²) in [5, 5.41) is 0. The van der Waals surface area contributed by atoms with Gasteiger partial charge in [-0.3, -0.25) is 0 Å². The van der Waals surface area contributed by atoms with Gasteiger partial charge in [0.1, 0.15) is 0 Å². The summed E-state index contributed by atoms with van der Waals surface area (Å²) in [7, 11) is 0. The van der Waals surface area contributed by atoms with Gasteiger partial charge in [-0.15, -0.1) is 0 Å². The van der Waals surface area contributed by atoms with Crippen LogP contribution in [0, 0.1) is 0 Å². The Hall–Kier alpha value is -2.80. The zero-order chi connectivity index (χ0) is 39.5. The van der Waals surface area contributed by atoms with Crippen molar-refractivity contribution in [2.45, 2.75) is 84.4 Å². The van der Waals surface area contributed by atoms with Crippen LogP contribution in [-0.4, -0.2) is 84.7 Å². The van der Waals surface area contributed by atoms with Gasteiger partial charge >= 0.3 is 71.6 Å². The first-order valence-corrected chi connectivity index (χ1v) is 11.9. The largest absolute Gasteiger partial charge is 0.460 e. The van der Waals surface area contributed by atoms with Crippen LogP contribution in [0.4, 0.5) is 120 Å². The lowest BCUT2D eigenvalue weighted by atomic mass is 9.92. The number of hydrogen-bond acceptors (Lipinski definition) is 1. The molecule has 0 aliphatic carbocycles. The zero-order valence-electron chi connectivity index (χ0n) is 22.5. The van der Waals surface area contributed by atoms with E-state index in [9.17, 15) is 114 Å². The van der Waals surface area contributed by atoms with E-state index in [1.807, 2.05) is 0 Å². The highest BCUT2D eigenvalue weighted by Crippen LogP contribution is 2.62. The molecule has 0 aliphatic heterocycles. The number of nitrogens with zero attached hydrogens (tertiary/aromatic N) is 1. The minimum atomic E-state index is -8.35. The summed E-state index contributed by atoms with van der Waals surface area (Å²) in [6.45, 7) is -4.69. The maximum absolute atomic E-state index is 14.2. The number of anilines is 1. The number of rotatable bonds is 15. The van der Waals surface area contributed by atoms with Gasteiger partial charge in [0.05, 0.1) is 0 Å². The van der Waals surface area contributed by atoms with Crippen molar-refractivity contribution in [3.8, 4) is 0 Å². The van der Waals surface area contributed by atoms with Gasteiger partial charge in [-0.05, 0) is 12.1 Å². The topological polar surface area (TPSA) is 3.24 Å². The predicted molar refractivity (Wildman–Crippen MR) is 109 cm³/mol. The van der Waals surface area contributed by atoms with Crippen LogP contribution in [0.15, 0.2) is 30.3 Å². The van der Waals surface area contributed by atoms with Gasteiger partial charge in [0, 0.05) is 31.6 Å². The highest BCUT2D eigenvalue weighted by molar-refractivity contribution is 5.46. The van der Waals surface area contributed by atoms with E-state index in [2.05, 4.69) is 0 Å². The molecule has 0 amide bonds. The Labute approximate surface area is 253 Å². The third-order valence-corrected chi connectivity index (χ3v) is 6.51. The van der Waals surface area contributed by atoms with Gasteiger partial charge in [-0.2, -0.15) is 114 Å². The first-order valence-electron chi connectivity index (χ1n) is 11.9. The molecule has 0 fully saturated rings. The molecule has 1 rings (SSSR count). The average Bonchev–Trinajstić information content (AvgIpc) is 2.91. The number of hydrogen-bond donors (Lipinski definition) is 0. The quantitative estimate of drug-likeness (QED) is 0.160. The van der Waals surface area contributed by atoms with Crippen LogP contribution in [0.5, 0.6) is 0 Å². The fraction of sp³-hybridized carbons (Fsp3) is 0.727. The minimum Gasteiger partial charge on any atom is -0.371 e. The van der Waals surface area contributed by atoms with Gasteiger partial charge in [-0.25, -0.2) is 0 Å². The second-order valence-corrected chi connectivity index (χ2v) is 9.82. The molecule has 0 N–H and O–H groups in total. The maximum Gasteiger partial charge on any atom is 0.460 e. The summed E-state index contributed by atoms with van der Waals surface area (Å²) >= 11 is 0. The van der Waals surface area contributed by atoms with Crippen LogP contribution in [0.2, 0.25) is 0 Å². The van der Waals surface area contributed by atoms with Crippen molar-refractivity contribution < 1.29 is 114 Å². The summed E-state index contributed by atoms with van der Waals surface area (Å²) in [6.07, 6.45) is -21.9. The summed E-state index contributed by atoms with van der Waals surface area (Å²) in [4.78, 5) is -0.435. The van der Waals surface area contributed by atoms with Crippen molar-refractivity contribution in [1.29, 1.82) is 0 Å². The molecule has 0 heterocycles. The molecule has 49 heavy (non-hydrogen) atoms. The molecule has 0 atom stereocenters. The molecule has 1 aromatic rings. The van der Waals surface area contributed by atoms with Gasteiger partial charge in [0.25, 0.3) is 0 Å². The molecule has 0 saturated heterocycles. The molecule has 0 bridgehead atoms. The lowest BCUT2D eigenvalue weighted by Crippen LogP contribution is -2.70. The lowest BCUT2D eigenvalue weighted by molar-refractivity contribution is -0.440. The number of alkyl halides is 26. The van der Waals surface area contributed by atoms with Crippen molar-refractivity contribution in [3.63, 3.8) is 0 Å². The molecular formula is C22H13F26N. The van der Waals surface area contributed by atoms with Gasteiger partial charge in [0.2, 0.25) is 0 Å². The van der Waals surface area contributed by atoms with Crippen LogP contribution in [0.25, 0.3) is 0 Å². The number of para-hydroxylation sites is 1. The van der Waals surface area contributed by atoms with Crippen LogP contribution in [0.1, 0.15) is 12.8 Å². The summed E-state index contributed by atoms with van der Waals surface area (Å²) in [5.41, 5.74) is -1.01. The molecule has 27 heteroatoms. The van der Waals surface area contributed by atoms with E-state index in [1.54, 1.807) is 0 Å². The highest BCUT2D eigenvalue weighted by Gasteiger charge is 2.92. The molecule has 0 unspecified atom stereocenters. The van der Waals surface area contributed by atoms with Crippen LogP contribution in [0.3, 0.4) is 0 Å². The first-order chi connectivity index (χ1) is 21.2. The summed E-state index contributed by atoms with van der Waals surface area (Å²) in [6, 6.07) is 3.34. The Morgan fingerprint density at radius 1 is 0.327 bits per heavy atom. The van der Waals surface area contributed by atoms with E-state index in [0.717, 1.165) is 18.2 Å². The van der Waals surface area contributed by atoms with Crippen molar-refractivity contribution in [2.75, 3.05) is 18.0 Å². The molecule has 1 aromatic carbocycles. The van der Waals surface area contributed by atoms with E-state index < -0.39 is 108 Å². The Bertz CT molecular complexity index is 1180. The first kappa shape index (κ1) is 44.2. The van der Waals surface area contributed by atoms with Crippen molar-refractivity contribution in [2.24, 2.45) is 0 Å². The normalized spacial score (nSPS) is 15.9. The van der Waals surface area contributed by atoms with E-state index in [1.165, 1.54) is 0 Å². The summed E-state index contributed by atoms with van der Waals surface area (Å²) < 4.78 is 347. The monoisotopic (exact) mass is 785 g/mol. The Morgan fingerprint density at radius 3 is 0.816 bits per heavy atom. The maximum atomic E-state index is 14.2. The van der Waals surface area contributed by atoms with E-state index >= 15 is 0 Å². The number of halogens is 26. The second-order valence-electron chi connectivity index (χ2n) is 9.82. The van der Waals surface area contributed by atoms with E-state index in [0.29, 0.717) is 12.1 Å².